The first kappa shape index (κ1) is 10.3. The van der Waals surface area contributed by atoms with E-state index in [-0.39, 0.29) is 0 Å². The molecule has 0 saturated carbocycles. The summed E-state index contributed by atoms with van der Waals surface area (Å²) in [5, 5.41) is 4.35. The van der Waals surface area contributed by atoms with Crippen molar-refractivity contribution in [1.29, 1.82) is 0 Å². The highest BCUT2D eigenvalue weighted by molar-refractivity contribution is 4.98. The van der Waals surface area contributed by atoms with E-state index in [4.69, 9.17) is 0 Å². The normalized spacial score (nSPS) is 10.6. The van der Waals surface area contributed by atoms with Gasteiger partial charge in [-0.15, -0.1) is 0 Å². The van der Waals surface area contributed by atoms with Crippen LogP contribution in [-0.4, -0.2) is 9.78 Å². The Hall–Kier alpha value is -0.790. The summed E-state index contributed by atoms with van der Waals surface area (Å²) in [6.07, 6.45) is 9.88. The highest BCUT2D eigenvalue weighted by Gasteiger charge is 1.95. The van der Waals surface area contributed by atoms with Crippen molar-refractivity contribution in [3.8, 4) is 0 Å². The Balaban J connectivity index is 2.06. The van der Waals surface area contributed by atoms with E-state index in [9.17, 15) is 0 Å². The van der Waals surface area contributed by atoms with Gasteiger partial charge in [-0.2, -0.15) is 5.10 Å². The van der Waals surface area contributed by atoms with Crippen molar-refractivity contribution < 1.29 is 0 Å². The third-order valence-corrected chi connectivity index (χ3v) is 2.31. The van der Waals surface area contributed by atoms with Gasteiger partial charge in [0.05, 0.1) is 5.69 Å². The molecule has 0 aliphatic carbocycles. The molecule has 0 atom stereocenters. The monoisotopic (exact) mass is 180 g/mol. The second-order valence-corrected chi connectivity index (χ2v) is 3.64. The SMILES string of the molecule is CCCCCCCc1ccn(C)n1. The molecule has 13 heavy (non-hydrogen) atoms. The molecule has 0 aliphatic heterocycles. The number of hydrogen-bond donors (Lipinski definition) is 0. The summed E-state index contributed by atoms with van der Waals surface area (Å²) in [4.78, 5) is 0. The molecular weight excluding hydrogens is 160 g/mol. The van der Waals surface area contributed by atoms with Gasteiger partial charge in [-0.3, -0.25) is 4.68 Å². The van der Waals surface area contributed by atoms with Crippen LogP contribution in [-0.2, 0) is 13.5 Å². The van der Waals surface area contributed by atoms with Gasteiger partial charge in [0, 0.05) is 13.2 Å². The number of unbranched alkanes of at least 4 members (excludes halogenated alkanes) is 4. The largest absolute Gasteiger partial charge is 0.276 e. The van der Waals surface area contributed by atoms with Crippen LogP contribution in [0.15, 0.2) is 12.3 Å². The molecule has 0 saturated heterocycles. The lowest BCUT2D eigenvalue weighted by atomic mass is 10.1. The van der Waals surface area contributed by atoms with Crippen LogP contribution in [0.25, 0.3) is 0 Å². The lowest BCUT2D eigenvalue weighted by molar-refractivity contribution is 0.622. The molecule has 1 aromatic rings. The van der Waals surface area contributed by atoms with Gasteiger partial charge in [0.25, 0.3) is 0 Å². The lowest BCUT2D eigenvalue weighted by Gasteiger charge is -1.97. The van der Waals surface area contributed by atoms with E-state index in [2.05, 4.69) is 18.1 Å². The molecule has 1 aromatic heterocycles. The minimum atomic E-state index is 1.14. The quantitative estimate of drug-likeness (QED) is 0.615. The molecule has 0 N–H and O–H groups in total. The maximum Gasteiger partial charge on any atom is 0.0624 e. The summed E-state index contributed by atoms with van der Waals surface area (Å²) in [7, 11) is 1.97. The fourth-order valence-corrected chi connectivity index (χ4v) is 1.51. The molecule has 0 fully saturated rings. The fraction of sp³-hybridized carbons (Fsp3) is 0.727. The standard InChI is InChI=1S/C11H20N2/c1-3-4-5-6-7-8-11-9-10-13(2)12-11/h9-10H,3-8H2,1-2H3. The van der Waals surface area contributed by atoms with Gasteiger partial charge >= 0.3 is 0 Å². The smallest absolute Gasteiger partial charge is 0.0624 e. The zero-order valence-corrected chi connectivity index (χ0v) is 8.79. The molecule has 0 aromatic carbocycles. The van der Waals surface area contributed by atoms with Gasteiger partial charge in [0.2, 0.25) is 0 Å². The molecule has 0 unspecified atom stereocenters. The van der Waals surface area contributed by atoms with Gasteiger partial charge < -0.3 is 0 Å². The molecule has 2 nitrogen and oxygen atoms in total. The summed E-state index contributed by atoms with van der Waals surface area (Å²) in [6, 6.07) is 2.11. The average molecular weight is 180 g/mol. The Kier molecular flexibility index (Phi) is 4.58. The van der Waals surface area contributed by atoms with E-state index in [0.29, 0.717) is 0 Å². The zero-order valence-electron chi connectivity index (χ0n) is 8.79. The van der Waals surface area contributed by atoms with Gasteiger partial charge in [-0.25, -0.2) is 0 Å². The van der Waals surface area contributed by atoms with Crippen molar-refractivity contribution in [2.75, 3.05) is 0 Å². The molecule has 0 aliphatic rings. The molecule has 0 spiro atoms. The highest BCUT2D eigenvalue weighted by Crippen LogP contribution is 2.06. The van der Waals surface area contributed by atoms with Crippen LogP contribution < -0.4 is 0 Å². The summed E-state index contributed by atoms with van der Waals surface area (Å²) in [5.74, 6) is 0. The minimum absolute atomic E-state index is 1.14. The van der Waals surface area contributed by atoms with Crippen LogP contribution in [0.3, 0.4) is 0 Å². The van der Waals surface area contributed by atoms with Crippen LogP contribution in [0.4, 0.5) is 0 Å². The van der Waals surface area contributed by atoms with E-state index in [1.54, 1.807) is 0 Å². The molecule has 1 rings (SSSR count). The topological polar surface area (TPSA) is 17.8 Å². The van der Waals surface area contributed by atoms with Crippen molar-refractivity contribution in [3.05, 3.63) is 18.0 Å². The number of nitrogens with zero attached hydrogens (tertiary/aromatic N) is 2. The third kappa shape index (κ3) is 4.11. The Morgan fingerprint density at radius 1 is 1.23 bits per heavy atom. The molecule has 0 amide bonds. The number of aromatic nitrogens is 2. The van der Waals surface area contributed by atoms with Gasteiger partial charge in [-0.05, 0) is 18.9 Å². The third-order valence-electron chi connectivity index (χ3n) is 2.31. The Morgan fingerprint density at radius 3 is 2.62 bits per heavy atom. The Morgan fingerprint density at radius 2 is 2.00 bits per heavy atom. The molecule has 2 heteroatoms. The minimum Gasteiger partial charge on any atom is -0.276 e. The molecule has 1 heterocycles. The van der Waals surface area contributed by atoms with E-state index < -0.39 is 0 Å². The van der Waals surface area contributed by atoms with Crippen LogP contribution >= 0.6 is 0 Å². The maximum atomic E-state index is 4.35. The Bertz CT molecular complexity index is 228. The van der Waals surface area contributed by atoms with Crippen molar-refractivity contribution >= 4 is 0 Å². The molecular formula is C11H20N2. The van der Waals surface area contributed by atoms with Crippen LogP contribution in [0, 0.1) is 0 Å². The van der Waals surface area contributed by atoms with E-state index in [1.165, 1.54) is 37.8 Å². The van der Waals surface area contributed by atoms with Crippen LogP contribution in [0.2, 0.25) is 0 Å². The first-order chi connectivity index (χ1) is 6.33. The van der Waals surface area contributed by atoms with E-state index in [1.807, 2.05) is 17.9 Å². The predicted octanol–water partition coefficient (Wildman–Crippen LogP) is 2.93. The lowest BCUT2D eigenvalue weighted by Crippen LogP contribution is -1.91. The second kappa shape index (κ2) is 5.79. The molecule has 0 bridgehead atoms. The van der Waals surface area contributed by atoms with Crippen molar-refractivity contribution in [2.45, 2.75) is 45.4 Å². The van der Waals surface area contributed by atoms with Gasteiger partial charge in [0.15, 0.2) is 0 Å². The number of rotatable bonds is 6. The van der Waals surface area contributed by atoms with Crippen molar-refractivity contribution in [2.24, 2.45) is 7.05 Å². The zero-order chi connectivity index (χ0) is 9.52. The fourth-order valence-electron chi connectivity index (χ4n) is 1.51. The van der Waals surface area contributed by atoms with Crippen LogP contribution in [0.1, 0.15) is 44.7 Å². The number of hydrogen-bond acceptors (Lipinski definition) is 1. The van der Waals surface area contributed by atoms with E-state index >= 15 is 0 Å². The first-order valence-electron chi connectivity index (χ1n) is 5.31. The first-order valence-corrected chi connectivity index (χ1v) is 5.31. The molecule has 0 radical (unpaired) electrons. The van der Waals surface area contributed by atoms with Crippen molar-refractivity contribution in [1.82, 2.24) is 9.78 Å². The van der Waals surface area contributed by atoms with Crippen molar-refractivity contribution in [3.63, 3.8) is 0 Å². The molecule has 74 valence electrons. The van der Waals surface area contributed by atoms with E-state index in [0.717, 1.165) is 6.42 Å². The van der Waals surface area contributed by atoms with Gasteiger partial charge in [0.1, 0.15) is 0 Å². The summed E-state index contributed by atoms with van der Waals surface area (Å²) < 4.78 is 1.88. The number of aryl methyl sites for hydroxylation is 2. The summed E-state index contributed by atoms with van der Waals surface area (Å²) in [5.41, 5.74) is 1.24. The summed E-state index contributed by atoms with van der Waals surface area (Å²) >= 11 is 0. The predicted molar refractivity (Wildman–Crippen MR) is 55.7 cm³/mol. The highest BCUT2D eigenvalue weighted by atomic mass is 15.2. The average Bonchev–Trinajstić information content (AvgIpc) is 2.51. The van der Waals surface area contributed by atoms with Gasteiger partial charge in [-0.1, -0.05) is 32.6 Å². The Labute approximate surface area is 81.0 Å². The second-order valence-electron chi connectivity index (χ2n) is 3.64. The van der Waals surface area contributed by atoms with Crippen LogP contribution in [0.5, 0.6) is 0 Å². The maximum absolute atomic E-state index is 4.35. The summed E-state index contributed by atoms with van der Waals surface area (Å²) in [6.45, 7) is 2.25.